The number of aliphatic hydroxyl groups is 2. The molecule has 6 atom stereocenters. The van der Waals surface area contributed by atoms with Crippen molar-refractivity contribution in [1.29, 1.82) is 0 Å². The second kappa shape index (κ2) is 23.5. The number of phenolic OH excluding ortho intramolecular Hbond substituents is 1. The number of fused-ring (bicyclic) bond motifs is 5. The number of likely N-dealkylation sites (N-methyl/N-ethyl adjacent to an activating group) is 1. The average molecular weight is 1020 g/mol. The number of anilines is 1. The zero-order valence-corrected chi connectivity index (χ0v) is 41.7. The summed E-state index contributed by atoms with van der Waals surface area (Å²) in [5.74, 6) is -6.12. The minimum atomic E-state index is -4.54. The van der Waals surface area contributed by atoms with Crippen LogP contribution in [0.5, 0.6) is 17.2 Å². The molecule has 5 rings (SSSR count). The maximum Gasteiger partial charge on any atom is 0.326 e. The standard InChI is InChI=1S/C47H63N11O13S/c1-23-37(41(51-6)57-40(53-23)26-9-11-28(12-10-26)47(3,4)5)43(63)56-34(20-52-72(50,68)69)45(65)58(7)38-27-16-32(39(61)36(17-27)71-22-30(60)19-49)31-14-25(8-13-35(31)70-21-29(59)18-48)15-33(46(66)67)55-42(62)24(2)54-44(38)64/h8-14,16-17,24,29-30,33-34,38,52,59-61H,15,18-22,48-49H2,1-7H3,(H,54,64)(H,55,62)(H,56,63)(H,66,67)(H2,50,68,69)(H,51,53,57)/t24-,29+,30+,33-,34-,38-/m0/s1. The zero-order chi connectivity index (χ0) is 53.4. The van der Waals surface area contributed by atoms with E-state index >= 15 is 0 Å². The number of carboxylic acids is 1. The Bertz CT molecular complexity index is 2770. The molecule has 1 aliphatic heterocycles. The van der Waals surface area contributed by atoms with Gasteiger partial charge in [0.05, 0.1) is 5.69 Å². The molecule has 0 saturated heterocycles. The van der Waals surface area contributed by atoms with Crippen LogP contribution in [-0.4, -0.2) is 151 Å². The van der Waals surface area contributed by atoms with Gasteiger partial charge in [-0.25, -0.2) is 19.9 Å². The summed E-state index contributed by atoms with van der Waals surface area (Å²) in [4.78, 5) is 80.1. The summed E-state index contributed by atoms with van der Waals surface area (Å²) in [6, 6.07) is 7.65. The summed E-state index contributed by atoms with van der Waals surface area (Å²) in [5, 5.41) is 58.4. The number of carbonyl (C=O) groups is 5. The summed E-state index contributed by atoms with van der Waals surface area (Å²) < 4.78 is 38.4. The fraction of sp³-hybridized carbons (Fsp3) is 0.426. The van der Waals surface area contributed by atoms with Crippen LogP contribution in [0.4, 0.5) is 5.82 Å². The van der Waals surface area contributed by atoms with Crippen molar-refractivity contribution in [2.45, 2.75) is 82.8 Å². The van der Waals surface area contributed by atoms with Gasteiger partial charge in [0.2, 0.25) is 17.7 Å². The second-order valence-corrected chi connectivity index (χ2v) is 19.6. The first kappa shape index (κ1) is 55.9. The van der Waals surface area contributed by atoms with Crippen LogP contribution in [0.25, 0.3) is 22.5 Å². The van der Waals surface area contributed by atoms with Crippen molar-refractivity contribution in [2.24, 2.45) is 16.6 Å². The molecule has 24 nitrogen and oxygen atoms in total. The normalized spacial score (nSPS) is 17.5. The largest absolute Gasteiger partial charge is 0.504 e. The number of nitrogens with zero attached hydrogens (tertiary/aromatic N) is 3. The molecule has 3 aromatic carbocycles. The minimum Gasteiger partial charge on any atom is -0.504 e. The van der Waals surface area contributed by atoms with E-state index in [0.717, 1.165) is 17.5 Å². The first-order valence-corrected chi connectivity index (χ1v) is 24.2. The molecule has 2 heterocycles. The highest BCUT2D eigenvalue weighted by molar-refractivity contribution is 7.87. The Morgan fingerprint density at radius 1 is 0.917 bits per heavy atom. The van der Waals surface area contributed by atoms with E-state index in [-0.39, 0.29) is 82.6 Å². The highest BCUT2D eigenvalue weighted by Gasteiger charge is 2.38. The van der Waals surface area contributed by atoms with Gasteiger partial charge in [-0.05, 0) is 60.2 Å². The lowest BCUT2D eigenvalue weighted by Gasteiger charge is -2.33. The highest BCUT2D eigenvalue weighted by Crippen LogP contribution is 2.45. The van der Waals surface area contributed by atoms with E-state index in [1.54, 1.807) is 0 Å². The summed E-state index contributed by atoms with van der Waals surface area (Å²) in [6.45, 7) is 6.84. The molecule has 0 spiro atoms. The van der Waals surface area contributed by atoms with Crippen molar-refractivity contribution in [3.8, 4) is 39.8 Å². The predicted molar refractivity (Wildman–Crippen MR) is 264 cm³/mol. The van der Waals surface area contributed by atoms with E-state index < -0.39 is 95.1 Å². The Kier molecular flexibility index (Phi) is 18.2. The predicted octanol–water partition coefficient (Wildman–Crippen LogP) is -0.718. The van der Waals surface area contributed by atoms with Gasteiger partial charge in [-0.1, -0.05) is 51.1 Å². The third-order valence-electron chi connectivity index (χ3n) is 11.6. The van der Waals surface area contributed by atoms with E-state index in [1.165, 1.54) is 51.2 Å². The summed E-state index contributed by atoms with van der Waals surface area (Å²) in [5.41, 5.74) is 13.0. The number of hydrogen-bond acceptors (Lipinski definition) is 17. The number of aromatic nitrogens is 2. The molecule has 0 fully saturated rings. The van der Waals surface area contributed by atoms with Crippen molar-refractivity contribution >= 4 is 45.6 Å². The summed E-state index contributed by atoms with van der Waals surface area (Å²) in [7, 11) is -1.89. The number of benzene rings is 3. The number of carbonyl (C=O) groups excluding carboxylic acids is 4. The number of aliphatic carboxylic acids is 1. The van der Waals surface area contributed by atoms with Gasteiger partial charge in [0, 0.05) is 56.8 Å². The van der Waals surface area contributed by atoms with Crippen LogP contribution >= 0.6 is 0 Å². The van der Waals surface area contributed by atoms with Gasteiger partial charge in [-0.2, -0.15) is 13.1 Å². The molecular formula is C47H63N11O13S. The van der Waals surface area contributed by atoms with E-state index in [4.69, 9.17) is 26.1 Å². The number of aromatic hydroxyl groups is 1. The molecule has 1 aliphatic rings. The number of carboxylic acid groups (broad SMARTS) is 1. The van der Waals surface area contributed by atoms with Crippen molar-refractivity contribution in [3.63, 3.8) is 0 Å². The number of ether oxygens (including phenoxy) is 2. The maximum atomic E-state index is 14.9. The van der Waals surface area contributed by atoms with E-state index in [1.807, 2.05) is 29.0 Å². The minimum absolute atomic E-state index is 0.0113. The Morgan fingerprint density at radius 2 is 1.54 bits per heavy atom. The monoisotopic (exact) mass is 1020 g/mol. The Balaban J connectivity index is 1.68. The van der Waals surface area contributed by atoms with Crippen LogP contribution in [0, 0.1) is 6.92 Å². The van der Waals surface area contributed by atoms with Crippen LogP contribution in [0.3, 0.4) is 0 Å². The second-order valence-electron chi connectivity index (χ2n) is 18.2. The molecule has 15 N–H and O–H groups in total. The molecule has 0 unspecified atom stereocenters. The number of hydrogen-bond donors (Lipinski definition) is 12. The highest BCUT2D eigenvalue weighted by atomic mass is 32.2. The van der Waals surface area contributed by atoms with E-state index in [0.29, 0.717) is 11.1 Å². The van der Waals surface area contributed by atoms with E-state index in [2.05, 4.69) is 52.0 Å². The van der Waals surface area contributed by atoms with Gasteiger partial charge < -0.3 is 67.5 Å². The maximum absolute atomic E-state index is 14.9. The van der Waals surface area contributed by atoms with Crippen molar-refractivity contribution < 1.29 is 62.3 Å². The Labute approximate surface area is 416 Å². The van der Waals surface area contributed by atoms with Crippen LogP contribution in [0.15, 0.2) is 54.6 Å². The van der Waals surface area contributed by atoms with E-state index in [9.17, 15) is 52.8 Å². The number of amides is 4. The fourth-order valence-corrected chi connectivity index (χ4v) is 7.97. The van der Waals surface area contributed by atoms with Crippen LogP contribution in [-0.2, 0) is 41.2 Å². The lowest BCUT2D eigenvalue weighted by atomic mass is 9.86. The number of aryl methyl sites for hydroxylation is 1. The average Bonchev–Trinajstić information content (AvgIpc) is 3.32. The number of phenols is 1. The van der Waals surface area contributed by atoms with Crippen LogP contribution in [0.1, 0.15) is 66.5 Å². The van der Waals surface area contributed by atoms with Crippen molar-refractivity contribution in [3.05, 3.63) is 82.5 Å². The van der Waals surface area contributed by atoms with Gasteiger partial charge >= 0.3 is 5.97 Å². The Morgan fingerprint density at radius 3 is 2.11 bits per heavy atom. The number of aliphatic hydroxyl groups excluding tert-OH is 2. The van der Waals surface area contributed by atoms with Gasteiger partial charge in [0.25, 0.3) is 16.1 Å². The first-order valence-electron chi connectivity index (χ1n) is 22.6. The van der Waals surface area contributed by atoms with Crippen molar-refractivity contribution in [2.75, 3.05) is 52.3 Å². The quantitative estimate of drug-likeness (QED) is 0.0585. The van der Waals surface area contributed by atoms with Crippen LogP contribution < -0.4 is 52.1 Å². The van der Waals surface area contributed by atoms with Crippen molar-refractivity contribution in [1.82, 2.24) is 35.5 Å². The summed E-state index contributed by atoms with van der Waals surface area (Å²) >= 11 is 0. The lowest BCUT2D eigenvalue weighted by molar-refractivity contribution is -0.143. The molecule has 25 heteroatoms. The zero-order valence-electron chi connectivity index (χ0n) is 40.8. The van der Waals surface area contributed by atoms with Crippen LogP contribution in [0.2, 0.25) is 0 Å². The number of nitrogens with two attached hydrogens (primary N) is 3. The fourth-order valence-electron chi connectivity index (χ4n) is 7.57. The summed E-state index contributed by atoms with van der Waals surface area (Å²) in [6.07, 6.45) is -2.71. The molecule has 4 bridgehead atoms. The van der Waals surface area contributed by atoms with Gasteiger partial charge in [0.15, 0.2) is 17.3 Å². The molecule has 4 aromatic rings. The third-order valence-corrected chi connectivity index (χ3v) is 12.2. The molecule has 390 valence electrons. The molecule has 0 aliphatic carbocycles. The lowest BCUT2D eigenvalue weighted by Crippen LogP contribution is -2.57. The van der Waals surface area contributed by atoms with Gasteiger partial charge in [-0.3, -0.25) is 19.2 Å². The molecule has 72 heavy (non-hydrogen) atoms. The number of rotatable bonds is 18. The first-order chi connectivity index (χ1) is 33.8. The number of nitrogens with one attached hydrogen (secondary N) is 5. The van der Waals surface area contributed by atoms with Gasteiger partial charge in [-0.15, -0.1) is 0 Å². The molecule has 1 aromatic heterocycles. The molecule has 4 amide bonds. The Hall–Kier alpha value is -7.00. The molecule has 0 saturated carbocycles. The molecule has 0 radical (unpaired) electrons. The SMILES string of the molecule is CNc1nc(-c2ccc(C(C)(C)C)cc2)nc(C)c1C(=O)N[C@@H](CNS(N)(=O)=O)C(=O)N(C)[C@@H]1C(=O)N[C@@H](C)C(=O)N[C@H](C(=O)O)Cc2ccc(OC[C@H](O)CN)c(c2)-c2cc1cc(OC[C@H](O)CN)c2O. The smallest absolute Gasteiger partial charge is 0.326 e. The van der Waals surface area contributed by atoms with Gasteiger partial charge in [0.1, 0.15) is 66.7 Å². The molecular weight excluding hydrogens is 959 g/mol. The topological polar surface area (TPSA) is 386 Å². The third kappa shape index (κ3) is 13.9.